The molecule has 0 radical (unpaired) electrons. The molecule has 2 fully saturated rings. The molecule has 0 spiro atoms. The molecule has 1 aliphatic heterocycles. The molecule has 1 saturated heterocycles. The summed E-state index contributed by atoms with van der Waals surface area (Å²) in [7, 11) is 0. The first-order valence-electron chi connectivity index (χ1n) is 8.56. The summed E-state index contributed by atoms with van der Waals surface area (Å²) >= 11 is 0. The van der Waals surface area contributed by atoms with E-state index in [1.165, 1.54) is 0 Å². The number of hydrogen-bond acceptors (Lipinski definition) is 10. The Hall–Kier alpha value is -3.00. The van der Waals surface area contributed by atoms with Crippen molar-refractivity contribution in [2.75, 3.05) is 6.61 Å². The summed E-state index contributed by atoms with van der Waals surface area (Å²) in [5, 5.41) is 53.9. The van der Waals surface area contributed by atoms with Gasteiger partial charge in [0.15, 0.2) is 6.29 Å². The minimum absolute atomic E-state index is 0.179. The van der Waals surface area contributed by atoms with Crippen molar-refractivity contribution in [2.45, 2.75) is 67.4 Å². The molecule has 10 atom stereocenters. The summed E-state index contributed by atoms with van der Waals surface area (Å²) in [6.07, 6.45) is -9.27. The molecule has 2 aliphatic rings. The Kier molecular flexibility index (Phi) is 8.29. The van der Waals surface area contributed by atoms with Gasteiger partial charge in [0.25, 0.3) is 0 Å². The van der Waals surface area contributed by atoms with Crippen LogP contribution in [0.2, 0.25) is 0 Å². The quantitative estimate of drug-likeness (QED) is 0.251. The summed E-state index contributed by atoms with van der Waals surface area (Å²) in [6, 6.07) is -5.05. The van der Waals surface area contributed by atoms with E-state index < -0.39 is 67.6 Å². The van der Waals surface area contributed by atoms with Crippen LogP contribution in [0.15, 0.2) is 20.5 Å². The highest BCUT2D eigenvalue weighted by Gasteiger charge is 2.50. The SMILES string of the molecule is [N-]=[N+]=NC1C[C@@H](N=[N+]=[N-])[C@@H](O)C(O)[C@@H]1O[C@H]1OC(CO)[C@@H](O)[C@H](N=[N+]=[N-])C1N=[N+]=[N-]. The third kappa shape index (κ3) is 4.76. The van der Waals surface area contributed by atoms with Gasteiger partial charge in [-0.25, -0.2) is 0 Å². The van der Waals surface area contributed by atoms with Gasteiger partial charge in [-0.15, -0.1) is 0 Å². The fourth-order valence-corrected chi connectivity index (χ4v) is 3.42. The van der Waals surface area contributed by atoms with E-state index in [9.17, 15) is 20.4 Å². The van der Waals surface area contributed by atoms with E-state index in [4.69, 9.17) is 31.6 Å². The summed E-state index contributed by atoms with van der Waals surface area (Å²) < 4.78 is 11.0. The minimum atomic E-state index is -1.71. The van der Waals surface area contributed by atoms with Gasteiger partial charge in [-0.2, -0.15) is 0 Å². The molecule has 30 heavy (non-hydrogen) atoms. The Bertz CT molecular complexity index is 804. The lowest BCUT2D eigenvalue weighted by Crippen LogP contribution is -2.62. The van der Waals surface area contributed by atoms with Gasteiger partial charge in [0.2, 0.25) is 0 Å². The van der Waals surface area contributed by atoms with E-state index >= 15 is 0 Å². The molecule has 0 aromatic rings. The van der Waals surface area contributed by atoms with Gasteiger partial charge in [-0.1, -0.05) is 20.5 Å². The van der Waals surface area contributed by atoms with Crippen LogP contribution in [0.4, 0.5) is 0 Å². The molecule has 0 bridgehead atoms. The average molecular weight is 426 g/mol. The number of ether oxygens (including phenoxy) is 2. The topological polar surface area (TPSA) is 294 Å². The molecule has 162 valence electrons. The molecular weight excluding hydrogens is 408 g/mol. The van der Waals surface area contributed by atoms with Gasteiger partial charge in [0, 0.05) is 19.6 Å². The molecule has 4 unspecified atom stereocenters. The first-order chi connectivity index (χ1) is 14.4. The summed E-state index contributed by atoms with van der Waals surface area (Å²) in [4.78, 5) is 10.4. The van der Waals surface area contributed by atoms with Crippen molar-refractivity contribution < 1.29 is 29.9 Å². The largest absolute Gasteiger partial charge is 0.394 e. The number of nitrogens with zero attached hydrogens (tertiary/aromatic N) is 12. The summed E-state index contributed by atoms with van der Waals surface area (Å²) in [5.74, 6) is 0. The highest BCUT2D eigenvalue weighted by molar-refractivity contribution is 5.03. The maximum Gasteiger partial charge on any atom is 0.167 e. The molecule has 0 aromatic heterocycles. The van der Waals surface area contributed by atoms with E-state index in [0.29, 0.717) is 0 Å². The average Bonchev–Trinajstić information content (AvgIpc) is 2.73. The lowest BCUT2D eigenvalue weighted by atomic mass is 9.84. The summed E-state index contributed by atoms with van der Waals surface area (Å²) in [5.41, 5.74) is 35.0. The molecule has 18 heteroatoms. The fourth-order valence-electron chi connectivity index (χ4n) is 3.42. The Morgan fingerprint density at radius 2 is 1.37 bits per heavy atom. The lowest BCUT2D eigenvalue weighted by molar-refractivity contribution is -0.277. The van der Waals surface area contributed by atoms with Crippen molar-refractivity contribution in [1.29, 1.82) is 0 Å². The second-order valence-corrected chi connectivity index (χ2v) is 6.47. The molecule has 18 nitrogen and oxygen atoms in total. The van der Waals surface area contributed by atoms with Crippen molar-refractivity contribution in [3.63, 3.8) is 0 Å². The van der Waals surface area contributed by atoms with E-state index in [0.717, 1.165) is 0 Å². The number of rotatable bonds is 7. The first kappa shape index (κ1) is 23.3. The number of hydrogen-bond donors (Lipinski definition) is 4. The van der Waals surface area contributed by atoms with Crippen LogP contribution in [0.1, 0.15) is 6.42 Å². The first-order valence-corrected chi connectivity index (χ1v) is 8.56. The number of aliphatic hydroxyl groups excluding tert-OH is 4. The van der Waals surface area contributed by atoms with Gasteiger partial charge >= 0.3 is 0 Å². The monoisotopic (exact) mass is 426 g/mol. The lowest BCUT2D eigenvalue weighted by Gasteiger charge is -2.45. The van der Waals surface area contributed by atoms with Gasteiger partial charge in [0.05, 0.1) is 49.1 Å². The van der Waals surface area contributed by atoms with Crippen molar-refractivity contribution in [3.8, 4) is 0 Å². The third-order valence-electron chi connectivity index (χ3n) is 4.85. The van der Waals surface area contributed by atoms with Crippen molar-refractivity contribution >= 4 is 0 Å². The van der Waals surface area contributed by atoms with E-state index in [-0.39, 0.29) is 6.42 Å². The second kappa shape index (κ2) is 10.7. The molecule has 2 rings (SSSR count). The number of aliphatic hydroxyl groups is 4. The zero-order valence-electron chi connectivity index (χ0n) is 15.2. The molecule has 1 saturated carbocycles. The third-order valence-corrected chi connectivity index (χ3v) is 4.85. The predicted molar refractivity (Wildman–Crippen MR) is 95.0 cm³/mol. The van der Waals surface area contributed by atoms with Crippen LogP contribution in [-0.2, 0) is 9.47 Å². The predicted octanol–water partition coefficient (Wildman–Crippen LogP) is 0.291. The highest BCUT2D eigenvalue weighted by atomic mass is 16.7. The van der Waals surface area contributed by atoms with Crippen molar-refractivity contribution in [3.05, 3.63) is 41.8 Å². The fraction of sp³-hybridized carbons (Fsp3) is 1.00. The molecule has 1 heterocycles. The van der Waals surface area contributed by atoms with Crippen LogP contribution in [0.25, 0.3) is 41.8 Å². The minimum Gasteiger partial charge on any atom is -0.394 e. The second-order valence-electron chi connectivity index (χ2n) is 6.47. The zero-order chi connectivity index (χ0) is 22.3. The van der Waals surface area contributed by atoms with Gasteiger partial charge in [0.1, 0.15) is 12.2 Å². The standard InChI is InChI=1S/C12H18N12O6/c13-21-17-3-1-4(18-22-14)11(10(28)8(3)26)30-12-7(20-24-16)6(19-23-15)9(27)5(2-25)29-12/h3-12,25-28H,1-2H2/t3-,4?,5?,6-,7?,8-,9-,10?,11-,12-/m1/s1. The van der Waals surface area contributed by atoms with Crippen LogP contribution in [-0.4, -0.2) is 88.0 Å². The van der Waals surface area contributed by atoms with Gasteiger partial charge in [-0.3, -0.25) is 0 Å². The Balaban J connectivity index is 2.39. The maximum atomic E-state index is 10.4. The van der Waals surface area contributed by atoms with Crippen LogP contribution < -0.4 is 0 Å². The van der Waals surface area contributed by atoms with Crippen molar-refractivity contribution in [2.24, 2.45) is 20.5 Å². The van der Waals surface area contributed by atoms with E-state index in [1.807, 2.05) is 0 Å². The Morgan fingerprint density at radius 1 is 0.800 bits per heavy atom. The van der Waals surface area contributed by atoms with Crippen LogP contribution in [0.5, 0.6) is 0 Å². The van der Waals surface area contributed by atoms with Crippen molar-refractivity contribution in [1.82, 2.24) is 0 Å². The molecule has 1 aliphatic carbocycles. The van der Waals surface area contributed by atoms with Crippen LogP contribution in [0, 0.1) is 0 Å². The molecule has 0 aromatic carbocycles. The maximum absolute atomic E-state index is 10.4. The smallest absolute Gasteiger partial charge is 0.167 e. The number of azide groups is 4. The Morgan fingerprint density at radius 3 is 1.93 bits per heavy atom. The highest BCUT2D eigenvalue weighted by Crippen LogP contribution is 2.33. The Labute approximate surface area is 167 Å². The molecule has 4 N–H and O–H groups in total. The van der Waals surface area contributed by atoms with Gasteiger partial charge < -0.3 is 29.9 Å². The molecular formula is C12H18N12O6. The van der Waals surface area contributed by atoms with E-state index in [2.05, 4.69) is 40.1 Å². The summed E-state index contributed by atoms with van der Waals surface area (Å²) in [6.45, 7) is -0.712. The normalized spacial score (nSPS) is 40.7. The molecule has 0 amide bonds. The van der Waals surface area contributed by atoms with E-state index in [1.54, 1.807) is 0 Å². The van der Waals surface area contributed by atoms with Gasteiger partial charge in [-0.05, 0) is 28.5 Å². The van der Waals surface area contributed by atoms with Crippen LogP contribution in [0.3, 0.4) is 0 Å². The zero-order valence-corrected chi connectivity index (χ0v) is 15.2. The van der Waals surface area contributed by atoms with Crippen LogP contribution >= 0.6 is 0 Å².